The van der Waals surface area contributed by atoms with Gasteiger partial charge in [0.2, 0.25) is 5.95 Å². The summed E-state index contributed by atoms with van der Waals surface area (Å²) in [6.07, 6.45) is 5.22. The van der Waals surface area contributed by atoms with Gasteiger partial charge in [0.05, 0.1) is 22.3 Å². The number of halogens is 4. The molecule has 0 radical (unpaired) electrons. The van der Waals surface area contributed by atoms with Crippen LogP contribution < -0.4 is 15.8 Å². The Labute approximate surface area is 218 Å². The van der Waals surface area contributed by atoms with Crippen molar-refractivity contribution in [3.05, 3.63) is 74.8 Å². The summed E-state index contributed by atoms with van der Waals surface area (Å²) in [6.45, 7) is 2.17. The lowest BCUT2D eigenvalue weighted by molar-refractivity contribution is 0.374. The van der Waals surface area contributed by atoms with Gasteiger partial charge in [-0.05, 0) is 42.7 Å². The van der Waals surface area contributed by atoms with Crippen molar-refractivity contribution in [2.24, 2.45) is 0 Å². The number of hydrogen-bond acceptors (Lipinski definition) is 6. The molecule has 3 aromatic heterocycles. The Balaban J connectivity index is 0.00000162. The summed E-state index contributed by atoms with van der Waals surface area (Å²) in [5.74, 6) is 1.37. The van der Waals surface area contributed by atoms with Crippen molar-refractivity contribution in [3.63, 3.8) is 0 Å². The average Bonchev–Trinajstić information content (AvgIpc) is 3.25. The van der Waals surface area contributed by atoms with Crippen molar-refractivity contribution in [2.45, 2.75) is 25.4 Å². The molecule has 12 heteroatoms. The lowest BCUT2D eigenvalue weighted by atomic mass is 10.1. The number of rotatable bonds is 5. The summed E-state index contributed by atoms with van der Waals surface area (Å²) in [5, 5.41) is 8.62. The molecule has 5 rings (SSSR count). The van der Waals surface area contributed by atoms with Crippen molar-refractivity contribution in [1.82, 2.24) is 24.7 Å². The van der Waals surface area contributed by atoms with E-state index >= 15 is 0 Å². The van der Waals surface area contributed by atoms with Crippen LogP contribution in [0.1, 0.15) is 24.4 Å². The molecule has 1 aliphatic rings. The number of anilines is 2. The summed E-state index contributed by atoms with van der Waals surface area (Å²) < 4.78 is 1.82. The molecule has 4 aromatic rings. The van der Waals surface area contributed by atoms with E-state index in [0.29, 0.717) is 33.6 Å². The molecule has 0 aliphatic carbocycles. The Hall–Kier alpha value is -2.52. The van der Waals surface area contributed by atoms with E-state index in [4.69, 9.17) is 23.2 Å². The second-order valence-corrected chi connectivity index (χ2v) is 8.56. The average molecular weight is 543 g/mol. The highest BCUT2D eigenvalue weighted by Crippen LogP contribution is 2.27. The third kappa shape index (κ3) is 5.41. The number of nitrogens with one attached hydrogen (secondary N) is 2. The Bertz CT molecular complexity index is 1300. The number of H-pyrrole nitrogens is 1. The van der Waals surface area contributed by atoms with Gasteiger partial charge in [-0.3, -0.25) is 14.5 Å². The van der Waals surface area contributed by atoms with Crippen LogP contribution in [0.5, 0.6) is 0 Å². The summed E-state index contributed by atoms with van der Waals surface area (Å²) >= 11 is 12.0. The Morgan fingerprint density at radius 3 is 2.59 bits per heavy atom. The van der Waals surface area contributed by atoms with Crippen LogP contribution in [-0.2, 0) is 6.54 Å². The van der Waals surface area contributed by atoms with Crippen LogP contribution >= 0.6 is 48.0 Å². The van der Waals surface area contributed by atoms with Crippen molar-refractivity contribution < 1.29 is 0 Å². The maximum absolute atomic E-state index is 12.9. The van der Waals surface area contributed by atoms with Gasteiger partial charge in [0, 0.05) is 25.8 Å². The van der Waals surface area contributed by atoms with Gasteiger partial charge < -0.3 is 10.2 Å². The number of piperidine rings is 1. The highest BCUT2D eigenvalue weighted by Gasteiger charge is 2.24. The number of fused-ring (bicyclic) bond motifs is 1. The fourth-order valence-corrected chi connectivity index (χ4v) is 4.37. The van der Waals surface area contributed by atoms with Gasteiger partial charge in [0.25, 0.3) is 5.56 Å². The second kappa shape index (κ2) is 11.3. The number of aromatic nitrogens is 5. The van der Waals surface area contributed by atoms with Crippen LogP contribution in [0.3, 0.4) is 0 Å². The fourth-order valence-electron chi connectivity index (χ4n) is 4.05. The van der Waals surface area contributed by atoms with Crippen LogP contribution in [0.25, 0.3) is 11.0 Å². The van der Waals surface area contributed by atoms with E-state index in [9.17, 15) is 4.79 Å². The number of pyridine rings is 1. The molecule has 0 bridgehead atoms. The number of nitrogens with zero attached hydrogens (tertiary/aromatic N) is 5. The molecule has 1 aromatic carbocycles. The zero-order valence-corrected chi connectivity index (χ0v) is 21.1. The van der Waals surface area contributed by atoms with Crippen LogP contribution in [0.15, 0.2) is 53.6 Å². The monoisotopic (exact) mass is 541 g/mol. The van der Waals surface area contributed by atoms with Crippen LogP contribution in [0.4, 0.5) is 11.8 Å². The summed E-state index contributed by atoms with van der Waals surface area (Å²) in [4.78, 5) is 26.9. The predicted molar refractivity (Wildman–Crippen MR) is 141 cm³/mol. The highest BCUT2D eigenvalue weighted by atomic mass is 35.5. The molecule has 4 heterocycles. The topological polar surface area (TPSA) is 91.7 Å². The molecule has 1 fully saturated rings. The molecule has 0 spiro atoms. The third-order valence-corrected chi connectivity index (χ3v) is 6.42. The summed E-state index contributed by atoms with van der Waals surface area (Å²) in [5.41, 5.74) is 1.78. The quantitative estimate of drug-likeness (QED) is 0.363. The molecule has 8 nitrogen and oxygen atoms in total. The molecule has 0 amide bonds. The first kappa shape index (κ1) is 26.1. The molecule has 2 N–H and O–H groups in total. The van der Waals surface area contributed by atoms with Gasteiger partial charge >= 0.3 is 0 Å². The fraction of sp³-hybridized carbons (Fsp3) is 0.273. The van der Waals surface area contributed by atoms with E-state index in [1.807, 2.05) is 28.9 Å². The lowest BCUT2D eigenvalue weighted by Crippen LogP contribution is -2.35. The Morgan fingerprint density at radius 1 is 1.09 bits per heavy atom. The van der Waals surface area contributed by atoms with E-state index in [1.165, 1.54) is 0 Å². The van der Waals surface area contributed by atoms with Crippen LogP contribution in [-0.4, -0.2) is 37.8 Å². The van der Waals surface area contributed by atoms with Crippen LogP contribution in [0.2, 0.25) is 10.0 Å². The Morgan fingerprint density at radius 2 is 1.88 bits per heavy atom. The maximum Gasteiger partial charge on any atom is 0.278 e. The summed E-state index contributed by atoms with van der Waals surface area (Å²) in [6, 6.07) is 11.5. The lowest BCUT2D eigenvalue weighted by Gasteiger charge is -2.32. The molecular weight excluding hydrogens is 520 g/mol. The first-order valence-electron chi connectivity index (χ1n) is 10.4. The molecule has 1 saturated heterocycles. The van der Waals surface area contributed by atoms with Gasteiger partial charge in [-0.25, -0.2) is 9.97 Å². The molecule has 0 atom stereocenters. The smallest absolute Gasteiger partial charge is 0.278 e. The second-order valence-electron chi connectivity index (χ2n) is 7.75. The summed E-state index contributed by atoms with van der Waals surface area (Å²) in [7, 11) is 0. The van der Waals surface area contributed by atoms with Gasteiger partial charge in [0.1, 0.15) is 11.3 Å². The predicted octanol–water partition coefficient (Wildman–Crippen LogP) is 5.12. The number of hydrogen-bond donors (Lipinski definition) is 2. The SMILES string of the molecule is Cl.Cl.O=c1[nH]c(NCc2ccc(Cl)c(Cl)c2)nc2cnn(C3CCN(c4ccccn4)CC3)c12. The zero-order chi connectivity index (χ0) is 22.1. The van der Waals surface area contributed by atoms with E-state index in [-0.39, 0.29) is 36.4 Å². The van der Waals surface area contributed by atoms with Gasteiger partial charge in [-0.15, -0.1) is 24.8 Å². The van der Waals surface area contributed by atoms with Gasteiger partial charge in [-0.1, -0.05) is 35.3 Å². The molecule has 0 unspecified atom stereocenters. The van der Waals surface area contributed by atoms with E-state index < -0.39 is 0 Å². The minimum absolute atomic E-state index is 0. The maximum atomic E-state index is 12.9. The van der Waals surface area contributed by atoms with Gasteiger partial charge in [0.15, 0.2) is 5.52 Å². The number of aromatic amines is 1. The van der Waals surface area contributed by atoms with E-state index in [1.54, 1.807) is 24.5 Å². The zero-order valence-electron chi connectivity index (χ0n) is 17.9. The standard InChI is InChI=1S/C22H21Cl2N7O.2ClH/c23-16-5-4-14(11-17(16)24)12-26-22-28-18-13-27-31(20(18)21(32)29-22)15-6-9-30(10-7-15)19-3-1-2-8-25-19;;/h1-5,8,11,13,15H,6-7,9-10,12H2,(H2,26,28,29,32);2*1H. The van der Waals surface area contributed by atoms with E-state index in [2.05, 4.69) is 30.3 Å². The van der Waals surface area contributed by atoms with Crippen molar-refractivity contribution in [2.75, 3.05) is 23.3 Å². The largest absolute Gasteiger partial charge is 0.356 e. The minimum atomic E-state index is -0.212. The Kier molecular flexibility index (Phi) is 8.65. The van der Waals surface area contributed by atoms with Gasteiger partial charge in [-0.2, -0.15) is 5.10 Å². The van der Waals surface area contributed by atoms with Crippen molar-refractivity contribution in [3.8, 4) is 0 Å². The first-order valence-corrected chi connectivity index (χ1v) is 11.2. The normalized spacial score (nSPS) is 13.9. The van der Waals surface area contributed by atoms with Crippen molar-refractivity contribution in [1.29, 1.82) is 0 Å². The number of benzene rings is 1. The van der Waals surface area contributed by atoms with E-state index in [0.717, 1.165) is 37.3 Å². The third-order valence-electron chi connectivity index (χ3n) is 5.68. The van der Waals surface area contributed by atoms with Crippen LogP contribution in [0, 0.1) is 0 Å². The van der Waals surface area contributed by atoms with Crippen molar-refractivity contribution >= 4 is 70.8 Å². The molecular formula is C22H23Cl4N7O. The minimum Gasteiger partial charge on any atom is -0.356 e. The molecule has 0 saturated carbocycles. The molecule has 180 valence electrons. The molecule has 34 heavy (non-hydrogen) atoms. The first-order chi connectivity index (χ1) is 15.6. The molecule has 1 aliphatic heterocycles. The highest BCUT2D eigenvalue weighted by molar-refractivity contribution is 6.42.